The van der Waals surface area contributed by atoms with Gasteiger partial charge in [-0.3, -0.25) is 4.79 Å². The normalized spacial score (nSPS) is 11.4. The van der Waals surface area contributed by atoms with Crippen LogP contribution in [0.25, 0.3) is 5.57 Å². The molecule has 2 aromatic rings. The molecular formula is C22H30N2O4S. The van der Waals surface area contributed by atoms with Crippen LogP contribution in [0.4, 0.5) is 0 Å². The molecule has 2 rings (SSSR count). The molecule has 7 heteroatoms. The van der Waals surface area contributed by atoms with Gasteiger partial charge >= 0.3 is 0 Å². The SMILES string of the molecule is CCCOc1c(C(=O)c2ccc(S(C)(=O)=O)c(C(C)=C(C)C)c2C)cnn1CC. The lowest BCUT2D eigenvalue weighted by Gasteiger charge is -2.17. The van der Waals surface area contributed by atoms with Gasteiger partial charge in [0.25, 0.3) is 0 Å². The largest absolute Gasteiger partial charge is 0.477 e. The molecule has 6 nitrogen and oxygen atoms in total. The number of hydrogen-bond acceptors (Lipinski definition) is 5. The number of carbonyl (C=O) groups is 1. The van der Waals surface area contributed by atoms with E-state index in [-0.39, 0.29) is 10.7 Å². The second kappa shape index (κ2) is 8.95. The highest BCUT2D eigenvalue weighted by Crippen LogP contribution is 2.33. The van der Waals surface area contributed by atoms with Crippen molar-refractivity contribution in [2.75, 3.05) is 12.9 Å². The van der Waals surface area contributed by atoms with Crippen molar-refractivity contribution < 1.29 is 17.9 Å². The first kappa shape index (κ1) is 22.9. The summed E-state index contributed by atoms with van der Waals surface area (Å²) in [6, 6.07) is 3.11. The molecule has 0 fully saturated rings. The first-order valence-electron chi connectivity index (χ1n) is 9.75. The molecule has 0 saturated carbocycles. The average Bonchev–Trinajstić information content (AvgIpc) is 3.06. The van der Waals surface area contributed by atoms with E-state index in [1.165, 1.54) is 18.5 Å². The number of nitrogens with zero attached hydrogens (tertiary/aromatic N) is 2. The van der Waals surface area contributed by atoms with Gasteiger partial charge in [0.2, 0.25) is 5.88 Å². The van der Waals surface area contributed by atoms with E-state index < -0.39 is 9.84 Å². The zero-order valence-corrected chi connectivity index (χ0v) is 19.1. The summed E-state index contributed by atoms with van der Waals surface area (Å²) in [7, 11) is -3.45. The van der Waals surface area contributed by atoms with E-state index in [2.05, 4.69) is 5.10 Å². The molecule has 29 heavy (non-hydrogen) atoms. The zero-order valence-electron chi connectivity index (χ0n) is 18.3. The fourth-order valence-corrected chi connectivity index (χ4v) is 4.20. The van der Waals surface area contributed by atoms with Crippen LogP contribution in [0.2, 0.25) is 0 Å². The molecule has 0 aliphatic carbocycles. The Morgan fingerprint density at radius 1 is 1.14 bits per heavy atom. The van der Waals surface area contributed by atoms with Gasteiger partial charge in [0.1, 0.15) is 5.56 Å². The van der Waals surface area contributed by atoms with Crippen LogP contribution < -0.4 is 4.74 Å². The fourth-order valence-electron chi connectivity index (χ4n) is 3.21. The Labute approximate surface area is 173 Å². The molecule has 0 saturated heterocycles. The number of aromatic nitrogens is 2. The molecule has 0 amide bonds. The Morgan fingerprint density at radius 2 is 1.79 bits per heavy atom. The summed E-state index contributed by atoms with van der Waals surface area (Å²) in [5.41, 5.74) is 3.92. The molecule has 158 valence electrons. The maximum absolute atomic E-state index is 13.4. The minimum absolute atomic E-state index is 0.226. The highest BCUT2D eigenvalue weighted by atomic mass is 32.2. The number of hydrogen-bond donors (Lipinski definition) is 0. The maximum atomic E-state index is 13.4. The first-order chi connectivity index (χ1) is 13.5. The van der Waals surface area contributed by atoms with Gasteiger partial charge in [0, 0.05) is 18.4 Å². The van der Waals surface area contributed by atoms with E-state index in [0.29, 0.717) is 41.3 Å². The molecule has 0 N–H and O–H groups in total. The lowest BCUT2D eigenvalue weighted by Crippen LogP contribution is -2.12. The van der Waals surface area contributed by atoms with Crippen molar-refractivity contribution in [3.05, 3.63) is 46.2 Å². The number of rotatable bonds is 8. The minimum Gasteiger partial charge on any atom is -0.477 e. The van der Waals surface area contributed by atoms with Gasteiger partial charge in [-0.15, -0.1) is 0 Å². The molecule has 0 spiro atoms. The van der Waals surface area contributed by atoms with Crippen molar-refractivity contribution in [1.82, 2.24) is 9.78 Å². The smallest absolute Gasteiger partial charge is 0.223 e. The molecular weight excluding hydrogens is 388 g/mol. The van der Waals surface area contributed by atoms with E-state index in [0.717, 1.165) is 17.6 Å². The van der Waals surface area contributed by atoms with Gasteiger partial charge in [-0.2, -0.15) is 5.10 Å². The second-order valence-electron chi connectivity index (χ2n) is 7.37. The third-order valence-electron chi connectivity index (χ3n) is 4.97. The van der Waals surface area contributed by atoms with Crippen LogP contribution in [0, 0.1) is 6.92 Å². The lowest BCUT2D eigenvalue weighted by molar-refractivity contribution is 0.103. The molecule has 0 radical (unpaired) electrons. The number of sulfone groups is 1. The van der Waals surface area contributed by atoms with Crippen molar-refractivity contribution >= 4 is 21.2 Å². The highest BCUT2D eigenvalue weighted by Gasteiger charge is 2.25. The van der Waals surface area contributed by atoms with Gasteiger partial charge in [0.15, 0.2) is 15.6 Å². The number of aryl methyl sites for hydroxylation is 1. The van der Waals surface area contributed by atoms with Gasteiger partial charge in [-0.1, -0.05) is 12.5 Å². The van der Waals surface area contributed by atoms with E-state index in [4.69, 9.17) is 4.74 Å². The number of ether oxygens (including phenoxy) is 1. The standard InChI is InChI=1S/C22H30N2O4S/c1-8-12-28-22-18(13-23-24(22)9-2)21(25)17-10-11-19(29(7,26)27)20(16(17)6)15(5)14(3)4/h10-11,13H,8-9,12H2,1-7H3. The van der Waals surface area contributed by atoms with Crippen molar-refractivity contribution in [2.45, 2.75) is 59.4 Å². The van der Waals surface area contributed by atoms with E-state index >= 15 is 0 Å². The topological polar surface area (TPSA) is 78.3 Å². The van der Waals surface area contributed by atoms with Crippen molar-refractivity contribution in [3.8, 4) is 5.88 Å². The Bertz CT molecular complexity index is 1060. The summed E-state index contributed by atoms with van der Waals surface area (Å²) >= 11 is 0. The van der Waals surface area contributed by atoms with Crippen LogP contribution in [-0.4, -0.2) is 36.8 Å². The number of ketones is 1. The van der Waals surface area contributed by atoms with Crippen molar-refractivity contribution in [2.24, 2.45) is 0 Å². The Hall–Kier alpha value is -2.41. The summed E-state index contributed by atoms with van der Waals surface area (Å²) in [6.45, 7) is 12.5. The Morgan fingerprint density at radius 3 is 2.31 bits per heavy atom. The molecule has 1 aromatic carbocycles. The van der Waals surface area contributed by atoms with Crippen molar-refractivity contribution in [3.63, 3.8) is 0 Å². The third kappa shape index (κ3) is 4.61. The Kier molecular flexibility index (Phi) is 7.06. The third-order valence-corrected chi connectivity index (χ3v) is 6.11. The van der Waals surface area contributed by atoms with Crippen LogP contribution in [0.5, 0.6) is 5.88 Å². The molecule has 0 aliphatic rings. The van der Waals surface area contributed by atoms with Gasteiger partial charge in [-0.05, 0) is 69.9 Å². The number of carbonyl (C=O) groups excluding carboxylic acids is 1. The van der Waals surface area contributed by atoms with Gasteiger partial charge in [0.05, 0.1) is 17.7 Å². The Balaban J connectivity index is 2.71. The zero-order chi connectivity index (χ0) is 21.9. The molecule has 1 aromatic heterocycles. The van der Waals surface area contributed by atoms with Crippen LogP contribution in [0.1, 0.15) is 68.1 Å². The van der Waals surface area contributed by atoms with Crippen LogP contribution in [-0.2, 0) is 16.4 Å². The van der Waals surface area contributed by atoms with Crippen LogP contribution in [0.15, 0.2) is 28.8 Å². The number of benzene rings is 1. The first-order valence-corrected chi connectivity index (χ1v) is 11.6. The number of allylic oxidation sites excluding steroid dienone is 2. The molecule has 1 heterocycles. The summed E-state index contributed by atoms with van der Waals surface area (Å²) in [5, 5.41) is 4.27. The summed E-state index contributed by atoms with van der Waals surface area (Å²) in [5.74, 6) is 0.225. The second-order valence-corrected chi connectivity index (χ2v) is 9.35. The van der Waals surface area contributed by atoms with E-state index in [9.17, 15) is 13.2 Å². The van der Waals surface area contributed by atoms with Gasteiger partial charge < -0.3 is 4.74 Å². The van der Waals surface area contributed by atoms with Crippen LogP contribution >= 0.6 is 0 Å². The fraction of sp³-hybridized carbons (Fsp3) is 0.455. The van der Waals surface area contributed by atoms with Crippen molar-refractivity contribution in [1.29, 1.82) is 0 Å². The van der Waals surface area contributed by atoms with E-state index in [1.807, 2.05) is 34.6 Å². The maximum Gasteiger partial charge on any atom is 0.223 e. The van der Waals surface area contributed by atoms with Gasteiger partial charge in [-0.25, -0.2) is 13.1 Å². The quantitative estimate of drug-likeness (QED) is 0.592. The summed E-state index contributed by atoms with van der Waals surface area (Å²) in [4.78, 5) is 13.6. The predicted octanol–water partition coefficient (Wildman–Crippen LogP) is 4.45. The minimum atomic E-state index is -3.45. The molecule has 0 unspecified atom stereocenters. The summed E-state index contributed by atoms with van der Waals surface area (Å²) in [6.07, 6.45) is 3.52. The lowest BCUT2D eigenvalue weighted by atomic mass is 9.91. The monoisotopic (exact) mass is 418 g/mol. The van der Waals surface area contributed by atoms with E-state index in [1.54, 1.807) is 17.7 Å². The predicted molar refractivity (Wildman–Crippen MR) is 115 cm³/mol. The summed E-state index contributed by atoms with van der Waals surface area (Å²) < 4.78 is 32.2. The average molecular weight is 419 g/mol. The molecule has 0 aliphatic heterocycles. The highest BCUT2D eigenvalue weighted by molar-refractivity contribution is 7.90. The molecule has 0 atom stereocenters. The molecule has 0 bridgehead atoms. The van der Waals surface area contributed by atoms with Crippen LogP contribution in [0.3, 0.4) is 0 Å².